The lowest BCUT2D eigenvalue weighted by molar-refractivity contribution is 0.0633. The highest BCUT2D eigenvalue weighted by Crippen LogP contribution is 2.31. The van der Waals surface area contributed by atoms with E-state index in [-0.39, 0.29) is 0 Å². The zero-order valence-electron chi connectivity index (χ0n) is 11.2. The molecule has 22 heavy (non-hydrogen) atoms. The van der Waals surface area contributed by atoms with Crippen molar-refractivity contribution in [1.82, 2.24) is 0 Å². The minimum atomic E-state index is -5.82. The Bertz CT molecular complexity index is 700. The van der Waals surface area contributed by atoms with Gasteiger partial charge in [-0.25, -0.2) is 21.2 Å². The second kappa shape index (κ2) is 7.70. The molecule has 126 valence electrons. The van der Waals surface area contributed by atoms with Crippen molar-refractivity contribution in [3.8, 4) is 0 Å². The molecule has 0 fully saturated rings. The summed E-state index contributed by atoms with van der Waals surface area (Å²) in [6.45, 7) is 0.850. The van der Waals surface area contributed by atoms with Crippen LogP contribution in [0.25, 0.3) is 10.2 Å². The molecule has 0 heterocycles. The molecule has 1 aromatic carbocycles. The van der Waals surface area contributed by atoms with Crippen molar-refractivity contribution >= 4 is 26.1 Å². The standard InChI is InChI=1S/C10H9F3NO4S2.CH3F/c1-2-8-3-5-9(6-4-8)19(15,16)14-20(17,18)10(12,13)7-11;1-2/h2-6H,1,7H2;1H3/q-1;. The van der Waals surface area contributed by atoms with E-state index in [1.807, 2.05) is 0 Å². The molecule has 0 aliphatic heterocycles. The number of benzene rings is 1. The molecule has 0 spiro atoms. The summed E-state index contributed by atoms with van der Waals surface area (Å²) >= 11 is 0. The van der Waals surface area contributed by atoms with E-state index in [1.165, 1.54) is 18.2 Å². The molecule has 0 aromatic heterocycles. The summed E-state index contributed by atoms with van der Waals surface area (Å²) in [5.74, 6) is 0. The number of sulfonamides is 2. The fourth-order valence-corrected chi connectivity index (χ4v) is 3.50. The van der Waals surface area contributed by atoms with Gasteiger partial charge in [0.2, 0.25) is 0 Å². The van der Waals surface area contributed by atoms with Crippen LogP contribution in [0, 0.1) is 0 Å². The monoisotopic (exact) mass is 362 g/mol. The fourth-order valence-electron chi connectivity index (χ4n) is 1.07. The van der Waals surface area contributed by atoms with Crippen molar-refractivity contribution in [2.45, 2.75) is 10.2 Å². The molecule has 0 unspecified atom stereocenters. The molecule has 0 saturated heterocycles. The van der Waals surface area contributed by atoms with E-state index in [0.29, 0.717) is 12.7 Å². The smallest absolute Gasteiger partial charge is 0.357 e. The van der Waals surface area contributed by atoms with Crippen molar-refractivity contribution in [3.63, 3.8) is 0 Å². The zero-order chi connectivity index (χ0) is 17.6. The molecule has 0 radical (unpaired) electrons. The number of rotatable bonds is 6. The second-order valence-corrected chi connectivity index (χ2v) is 7.13. The second-order valence-electron chi connectivity index (χ2n) is 3.57. The summed E-state index contributed by atoms with van der Waals surface area (Å²) in [5.41, 5.74) is 0.529. The third kappa shape index (κ3) is 4.78. The minimum absolute atomic E-state index is 0.500. The summed E-state index contributed by atoms with van der Waals surface area (Å²) in [6, 6.07) is 4.49. The Kier molecular flexibility index (Phi) is 7.19. The first-order valence-electron chi connectivity index (χ1n) is 5.34. The van der Waals surface area contributed by atoms with Crippen molar-refractivity contribution in [2.75, 3.05) is 13.9 Å². The van der Waals surface area contributed by atoms with Gasteiger partial charge in [-0.3, -0.25) is 4.39 Å². The highest BCUT2D eigenvalue weighted by Gasteiger charge is 2.40. The van der Waals surface area contributed by atoms with Crippen molar-refractivity contribution in [3.05, 3.63) is 40.5 Å². The maximum absolute atomic E-state index is 12.8. The summed E-state index contributed by atoms with van der Waals surface area (Å²) in [5, 5.41) is -4.89. The lowest BCUT2D eigenvalue weighted by Gasteiger charge is -2.25. The molecule has 0 atom stereocenters. The Morgan fingerprint density at radius 3 is 1.95 bits per heavy atom. The van der Waals surface area contributed by atoms with Crippen LogP contribution in [0.3, 0.4) is 0 Å². The van der Waals surface area contributed by atoms with Crippen LogP contribution in [-0.4, -0.2) is 35.9 Å². The highest BCUT2D eigenvalue weighted by atomic mass is 32.3. The molecule has 0 saturated carbocycles. The van der Waals surface area contributed by atoms with Gasteiger partial charge >= 0.3 is 5.25 Å². The number of nitrogens with zero attached hydrogens (tertiary/aromatic N) is 1. The van der Waals surface area contributed by atoms with Gasteiger partial charge in [0.1, 0.15) is 10.0 Å². The summed E-state index contributed by atoms with van der Waals surface area (Å²) in [7, 11) is -10.2. The van der Waals surface area contributed by atoms with Gasteiger partial charge in [0.25, 0.3) is 0 Å². The predicted octanol–water partition coefficient (Wildman–Crippen LogP) is 2.87. The minimum Gasteiger partial charge on any atom is -0.427 e. The molecule has 5 nitrogen and oxygen atoms in total. The maximum atomic E-state index is 12.8. The van der Waals surface area contributed by atoms with Gasteiger partial charge in [0, 0.05) is 4.90 Å². The molecule has 0 N–H and O–H groups in total. The van der Waals surface area contributed by atoms with E-state index in [9.17, 15) is 34.4 Å². The Morgan fingerprint density at radius 2 is 1.59 bits per heavy atom. The molecule has 0 amide bonds. The maximum Gasteiger partial charge on any atom is 0.357 e. The number of alkyl halides is 4. The summed E-state index contributed by atoms with van der Waals surface area (Å²) < 4.78 is 94.4. The van der Waals surface area contributed by atoms with E-state index < -0.39 is 36.9 Å². The SMILES string of the molecule is C=Cc1ccc(S(=O)(=O)[N-]S(=O)(=O)C(F)(F)CF)cc1.CF. The van der Waals surface area contributed by atoms with E-state index >= 15 is 0 Å². The third-order valence-corrected chi connectivity index (χ3v) is 5.44. The van der Waals surface area contributed by atoms with Crippen LogP contribution < -0.4 is 0 Å². The Labute approximate surface area is 125 Å². The van der Waals surface area contributed by atoms with Gasteiger partial charge < -0.3 is 4.13 Å². The lowest BCUT2D eigenvalue weighted by Crippen LogP contribution is -2.31. The van der Waals surface area contributed by atoms with Crippen LogP contribution in [-0.2, 0) is 20.0 Å². The summed E-state index contributed by atoms with van der Waals surface area (Å²) in [4.78, 5) is -0.610. The molecule has 11 heteroatoms. The van der Waals surface area contributed by atoms with Crippen LogP contribution in [0.1, 0.15) is 5.56 Å². The quantitative estimate of drug-likeness (QED) is 0.729. The van der Waals surface area contributed by atoms with Crippen LogP contribution >= 0.6 is 0 Å². The first-order chi connectivity index (χ1) is 10.1. The van der Waals surface area contributed by atoms with Crippen LogP contribution in [0.15, 0.2) is 35.7 Å². The molecule has 0 aliphatic rings. The van der Waals surface area contributed by atoms with Crippen molar-refractivity contribution in [2.24, 2.45) is 0 Å². The zero-order valence-corrected chi connectivity index (χ0v) is 12.8. The van der Waals surface area contributed by atoms with Gasteiger partial charge in [-0.2, -0.15) is 8.78 Å². The largest absolute Gasteiger partial charge is 0.427 e. The third-order valence-electron chi connectivity index (χ3n) is 2.14. The topological polar surface area (TPSA) is 82.4 Å². The Hall–Kier alpha value is -1.46. The van der Waals surface area contributed by atoms with Crippen molar-refractivity contribution in [1.29, 1.82) is 0 Å². The first-order valence-corrected chi connectivity index (χ1v) is 8.22. The number of hydrogen-bond acceptors (Lipinski definition) is 4. The molecule has 0 bridgehead atoms. The average molecular weight is 362 g/mol. The Balaban J connectivity index is 0.00000211. The summed E-state index contributed by atoms with van der Waals surface area (Å²) in [6.07, 6.45) is 1.39. The molecule has 1 rings (SSSR count). The van der Waals surface area contributed by atoms with Crippen LogP contribution in [0.4, 0.5) is 17.6 Å². The average Bonchev–Trinajstić information content (AvgIpc) is 2.48. The Morgan fingerprint density at radius 1 is 1.14 bits per heavy atom. The van der Waals surface area contributed by atoms with E-state index in [4.69, 9.17) is 0 Å². The van der Waals surface area contributed by atoms with Crippen molar-refractivity contribution < 1.29 is 34.4 Å². The first kappa shape index (κ1) is 20.5. The molecule has 0 aliphatic carbocycles. The van der Waals surface area contributed by atoms with E-state index in [0.717, 1.165) is 12.1 Å². The predicted molar refractivity (Wildman–Crippen MR) is 74.0 cm³/mol. The van der Waals surface area contributed by atoms with Gasteiger partial charge in [0.15, 0.2) is 16.7 Å². The highest BCUT2D eigenvalue weighted by molar-refractivity contribution is 8.12. The van der Waals surface area contributed by atoms with Gasteiger partial charge in [0.05, 0.1) is 7.18 Å². The van der Waals surface area contributed by atoms with Crippen LogP contribution in [0.2, 0.25) is 0 Å². The molecular weight excluding hydrogens is 350 g/mol. The van der Waals surface area contributed by atoms with E-state index in [1.54, 1.807) is 0 Å². The number of hydrogen-bond donors (Lipinski definition) is 0. The van der Waals surface area contributed by atoms with Gasteiger partial charge in [-0.1, -0.05) is 24.8 Å². The van der Waals surface area contributed by atoms with Gasteiger partial charge in [-0.15, -0.1) is 0 Å². The molecule has 1 aromatic rings. The fraction of sp³-hybridized carbons (Fsp3) is 0.273. The number of halogens is 4. The molecular formula is C11H12F4NO4S2-. The van der Waals surface area contributed by atoms with Crippen LogP contribution in [0.5, 0.6) is 0 Å². The lowest BCUT2D eigenvalue weighted by atomic mass is 10.2. The van der Waals surface area contributed by atoms with E-state index in [2.05, 4.69) is 10.7 Å². The normalized spacial score (nSPS) is 12.2. The van der Waals surface area contributed by atoms with Gasteiger partial charge in [-0.05, 0) is 17.7 Å².